The molecule has 0 radical (unpaired) electrons. The van der Waals surface area contributed by atoms with Crippen LogP contribution < -0.4 is 4.74 Å². The minimum Gasteiger partial charge on any atom is -0.508 e. The molecule has 0 fully saturated rings. The summed E-state index contributed by atoms with van der Waals surface area (Å²) in [6.45, 7) is 2.29. The Balaban J connectivity index is 1.83. The minimum atomic E-state index is 0.306. The van der Waals surface area contributed by atoms with Gasteiger partial charge in [0.1, 0.15) is 11.5 Å². The molecule has 0 saturated carbocycles. The molecule has 156 valence electrons. The Morgan fingerprint density at radius 3 is 1.52 bits per heavy atom. The van der Waals surface area contributed by atoms with Gasteiger partial charge in [-0.2, -0.15) is 0 Å². The van der Waals surface area contributed by atoms with E-state index in [1.807, 2.05) is 12.1 Å². The lowest BCUT2D eigenvalue weighted by Gasteiger charge is -2.06. The van der Waals surface area contributed by atoms with Gasteiger partial charge >= 0.3 is 0 Å². The predicted molar refractivity (Wildman–Crippen MR) is 118 cm³/mol. The molecule has 0 bridgehead atoms. The molecule has 2 nitrogen and oxygen atoms in total. The first-order valence-electron chi connectivity index (χ1n) is 11.6. The maximum absolute atomic E-state index is 9.68. The standard InChI is InChI=1S/C25H44O2/c1-3-4-5-6-7-8-9-10-11-12-13-14-15-16-17-18-19-23-20-24(26)22-25(21-23)27-2/h20-22,26H,3-19H2,1-2H3. The van der Waals surface area contributed by atoms with Crippen LogP contribution in [0.25, 0.3) is 0 Å². The molecule has 2 heteroatoms. The fourth-order valence-electron chi connectivity index (χ4n) is 3.78. The molecule has 0 atom stereocenters. The number of phenolic OH excluding ortho intramolecular Hbond substituents is 1. The molecule has 0 spiro atoms. The highest BCUT2D eigenvalue weighted by molar-refractivity contribution is 5.37. The van der Waals surface area contributed by atoms with Crippen LogP contribution in [0.3, 0.4) is 0 Å². The molecule has 1 rings (SSSR count). The first kappa shape index (κ1) is 23.9. The summed E-state index contributed by atoms with van der Waals surface area (Å²) in [4.78, 5) is 0. The van der Waals surface area contributed by atoms with E-state index in [1.165, 1.54) is 108 Å². The molecule has 0 unspecified atom stereocenters. The smallest absolute Gasteiger partial charge is 0.122 e. The number of ether oxygens (including phenoxy) is 1. The van der Waals surface area contributed by atoms with E-state index in [9.17, 15) is 5.11 Å². The Bertz CT molecular complexity index is 456. The van der Waals surface area contributed by atoms with Crippen molar-refractivity contribution in [3.05, 3.63) is 23.8 Å². The van der Waals surface area contributed by atoms with Crippen LogP contribution in [0.15, 0.2) is 18.2 Å². The van der Waals surface area contributed by atoms with Crippen molar-refractivity contribution in [2.45, 2.75) is 116 Å². The van der Waals surface area contributed by atoms with Gasteiger partial charge in [-0.25, -0.2) is 0 Å². The Kier molecular flexibility index (Phi) is 15.0. The molecule has 27 heavy (non-hydrogen) atoms. The highest BCUT2D eigenvalue weighted by Gasteiger charge is 2.01. The zero-order valence-electron chi connectivity index (χ0n) is 18.1. The van der Waals surface area contributed by atoms with Gasteiger partial charge in [0.25, 0.3) is 0 Å². The maximum atomic E-state index is 9.68. The molecule has 0 heterocycles. The number of methoxy groups -OCH3 is 1. The van der Waals surface area contributed by atoms with Gasteiger partial charge in [0.2, 0.25) is 0 Å². The SMILES string of the molecule is CCCCCCCCCCCCCCCCCCc1cc(O)cc(OC)c1. The van der Waals surface area contributed by atoms with Crippen LogP contribution in [0.4, 0.5) is 0 Å². The van der Waals surface area contributed by atoms with E-state index < -0.39 is 0 Å². The number of aryl methyl sites for hydroxylation is 1. The topological polar surface area (TPSA) is 29.5 Å². The first-order chi connectivity index (χ1) is 13.3. The van der Waals surface area contributed by atoms with E-state index in [-0.39, 0.29) is 0 Å². The summed E-state index contributed by atoms with van der Waals surface area (Å²) in [5.41, 5.74) is 1.18. The second kappa shape index (κ2) is 17.0. The van der Waals surface area contributed by atoms with Gasteiger partial charge in [-0.3, -0.25) is 0 Å². The highest BCUT2D eigenvalue weighted by Crippen LogP contribution is 2.23. The Morgan fingerprint density at radius 1 is 0.630 bits per heavy atom. The fraction of sp³-hybridized carbons (Fsp3) is 0.760. The van der Waals surface area contributed by atoms with E-state index in [0.29, 0.717) is 5.75 Å². The van der Waals surface area contributed by atoms with Crippen molar-refractivity contribution in [3.63, 3.8) is 0 Å². The van der Waals surface area contributed by atoms with Crippen molar-refractivity contribution in [1.82, 2.24) is 0 Å². The van der Waals surface area contributed by atoms with E-state index in [1.54, 1.807) is 13.2 Å². The number of aromatic hydroxyl groups is 1. The summed E-state index contributed by atoms with van der Waals surface area (Å²) in [6, 6.07) is 5.55. The number of unbranched alkanes of at least 4 members (excludes halogenated alkanes) is 15. The van der Waals surface area contributed by atoms with E-state index in [2.05, 4.69) is 6.92 Å². The Labute approximate surface area is 168 Å². The zero-order valence-corrected chi connectivity index (χ0v) is 18.1. The summed E-state index contributed by atoms with van der Waals surface area (Å²) in [6.07, 6.45) is 23.4. The van der Waals surface area contributed by atoms with Crippen LogP contribution >= 0.6 is 0 Å². The molecule has 1 N–H and O–H groups in total. The quantitative estimate of drug-likeness (QED) is 0.262. The van der Waals surface area contributed by atoms with E-state index in [0.717, 1.165) is 12.2 Å². The first-order valence-corrected chi connectivity index (χ1v) is 11.6. The monoisotopic (exact) mass is 376 g/mol. The average Bonchev–Trinajstić information content (AvgIpc) is 2.67. The predicted octanol–water partition coefficient (Wildman–Crippen LogP) is 8.20. The molecular formula is C25H44O2. The van der Waals surface area contributed by atoms with Crippen LogP contribution in [0, 0.1) is 0 Å². The third-order valence-electron chi connectivity index (χ3n) is 5.51. The summed E-state index contributed by atoms with van der Waals surface area (Å²) in [7, 11) is 1.65. The number of hydrogen-bond donors (Lipinski definition) is 1. The van der Waals surface area contributed by atoms with Crippen LogP contribution in [0.1, 0.15) is 115 Å². The summed E-state index contributed by atoms with van der Waals surface area (Å²) in [5.74, 6) is 1.06. The molecule has 0 amide bonds. The van der Waals surface area contributed by atoms with Gasteiger partial charge in [-0.1, -0.05) is 103 Å². The largest absolute Gasteiger partial charge is 0.508 e. The fourth-order valence-corrected chi connectivity index (χ4v) is 3.78. The molecular weight excluding hydrogens is 332 g/mol. The van der Waals surface area contributed by atoms with Gasteiger partial charge in [0.05, 0.1) is 7.11 Å². The van der Waals surface area contributed by atoms with Crippen molar-refractivity contribution in [2.24, 2.45) is 0 Å². The van der Waals surface area contributed by atoms with Crippen molar-refractivity contribution in [3.8, 4) is 11.5 Å². The van der Waals surface area contributed by atoms with Crippen molar-refractivity contribution >= 4 is 0 Å². The van der Waals surface area contributed by atoms with Crippen LogP contribution in [-0.4, -0.2) is 12.2 Å². The summed E-state index contributed by atoms with van der Waals surface area (Å²) < 4.78 is 5.21. The van der Waals surface area contributed by atoms with Gasteiger partial charge in [0.15, 0.2) is 0 Å². The van der Waals surface area contributed by atoms with Gasteiger partial charge in [-0.15, -0.1) is 0 Å². The maximum Gasteiger partial charge on any atom is 0.122 e. The molecule has 0 aliphatic rings. The summed E-state index contributed by atoms with van der Waals surface area (Å²) in [5, 5.41) is 9.68. The number of benzene rings is 1. The van der Waals surface area contributed by atoms with Crippen LogP contribution in [0.5, 0.6) is 11.5 Å². The van der Waals surface area contributed by atoms with Crippen molar-refractivity contribution < 1.29 is 9.84 Å². The van der Waals surface area contributed by atoms with Crippen LogP contribution in [0.2, 0.25) is 0 Å². The Hall–Kier alpha value is -1.18. The lowest BCUT2D eigenvalue weighted by atomic mass is 10.0. The molecule has 0 saturated heterocycles. The lowest BCUT2D eigenvalue weighted by molar-refractivity contribution is 0.406. The highest BCUT2D eigenvalue weighted by atomic mass is 16.5. The molecule has 0 aliphatic carbocycles. The third kappa shape index (κ3) is 13.6. The van der Waals surface area contributed by atoms with Crippen LogP contribution in [-0.2, 0) is 6.42 Å². The molecule has 0 aliphatic heterocycles. The van der Waals surface area contributed by atoms with E-state index >= 15 is 0 Å². The number of hydrogen-bond acceptors (Lipinski definition) is 2. The zero-order chi connectivity index (χ0) is 19.6. The average molecular weight is 377 g/mol. The molecule has 1 aromatic carbocycles. The van der Waals surface area contributed by atoms with Gasteiger partial charge in [-0.05, 0) is 30.5 Å². The lowest BCUT2D eigenvalue weighted by Crippen LogP contribution is -1.89. The van der Waals surface area contributed by atoms with Gasteiger partial charge in [0, 0.05) is 6.07 Å². The molecule has 1 aromatic rings. The van der Waals surface area contributed by atoms with Gasteiger partial charge < -0.3 is 9.84 Å². The summed E-state index contributed by atoms with van der Waals surface area (Å²) >= 11 is 0. The second-order valence-electron chi connectivity index (χ2n) is 8.09. The third-order valence-corrected chi connectivity index (χ3v) is 5.51. The number of rotatable bonds is 18. The van der Waals surface area contributed by atoms with Crippen molar-refractivity contribution in [2.75, 3.05) is 7.11 Å². The second-order valence-corrected chi connectivity index (χ2v) is 8.09. The number of phenols is 1. The Morgan fingerprint density at radius 2 is 1.07 bits per heavy atom. The minimum absolute atomic E-state index is 0.306. The molecule has 0 aromatic heterocycles. The van der Waals surface area contributed by atoms with Crippen molar-refractivity contribution in [1.29, 1.82) is 0 Å². The normalized spacial score (nSPS) is 11.0. The van der Waals surface area contributed by atoms with E-state index in [4.69, 9.17) is 4.74 Å².